The van der Waals surface area contributed by atoms with Crippen molar-refractivity contribution in [2.45, 2.75) is 43.4 Å². The molecular formula is C19H24N2O4S. The number of fused-ring (bicyclic) bond motifs is 1. The van der Waals surface area contributed by atoms with Crippen LogP contribution in [0.2, 0.25) is 0 Å². The number of ether oxygens (including phenoxy) is 1. The molecule has 4 rings (SSSR count). The second kappa shape index (κ2) is 6.40. The summed E-state index contributed by atoms with van der Waals surface area (Å²) in [5, 5.41) is 0. The molecule has 1 spiro atoms. The van der Waals surface area contributed by atoms with E-state index in [1.165, 1.54) is 0 Å². The molecule has 0 aliphatic carbocycles. The molecular weight excluding hydrogens is 352 g/mol. The Balaban J connectivity index is 1.68. The molecule has 1 aromatic heterocycles. The molecule has 2 aromatic rings. The Kier molecular flexibility index (Phi) is 4.33. The normalized spacial score (nSPS) is 26.0. The number of benzene rings is 1. The van der Waals surface area contributed by atoms with Crippen molar-refractivity contribution in [3.8, 4) is 5.75 Å². The fraction of sp³-hybridized carbons (Fsp3) is 0.474. The zero-order chi connectivity index (χ0) is 18.4. The van der Waals surface area contributed by atoms with Gasteiger partial charge in [-0.15, -0.1) is 0 Å². The first-order valence-corrected chi connectivity index (χ1v) is 10.4. The van der Waals surface area contributed by atoms with Gasteiger partial charge >= 0.3 is 0 Å². The zero-order valence-corrected chi connectivity index (χ0v) is 15.9. The van der Waals surface area contributed by atoms with Crippen molar-refractivity contribution < 1.29 is 17.6 Å². The summed E-state index contributed by atoms with van der Waals surface area (Å²) in [6, 6.07) is 10.7. The van der Waals surface area contributed by atoms with Crippen molar-refractivity contribution in [3.05, 3.63) is 48.4 Å². The predicted molar refractivity (Wildman–Crippen MR) is 97.4 cm³/mol. The maximum Gasteiger partial charge on any atom is 0.247 e. The number of nitrogens with zero attached hydrogens (tertiary/aromatic N) is 2. The van der Waals surface area contributed by atoms with Gasteiger partial charge < -0.3 is 9.15 Å². The molecule has 1 fully saturated rings. The van der Waals surface area contributed by atoms with E-state index in [2.05, 4.69) is 4.90 Å². The second-order valence-electron chi connectivity index (χ2n) is 7.42. The molecule has 1 aromatic carbocycles. The predicted octanol–water partition coefficient (Wildman–Crippen LogP) is 2.72. The van der Waals surface area contributed by atoms with Crippen LogP contribution in [0.1, 0.15) is 26.0 Å². The van der Waals surface area contributed by atoms with Gasteiger partial charge in [0.2, 0.25) is 10.0 Å². The van der Waals surface area contributed by atoms with Crippen molar-refractivity contribution in [3.63, 3.8) is 0 Å². The van der Waals surface area contributed by atoms with Crippen LogP contribution in [-0.4, -0.2) is 48.9 Å². The second-order valence-corrected chi connectivity index (χ2v) is 9.27. The number of para-hydroxylation sites is 1. The summed E-state index contributed by atoms with van der Waals surface area (Å²) in [7, 11) is -3.58. The summed E-state index contributed by atoms with van der Waals surface area (Å²) in [6.07, 6.45) is 2.45. The Bertz CT molecular complexity index is 879. The molecule has 0 saturated carbocycles. The van der Waals surface area contributed by atoms with Gasteiger partial charge in [-0.1, -0.05) is 12.1 Å². The van der Waals surface area contributed by atoms with Crippen LogP contribution < -0.4 is 4.74 Å². The average Bonchev–Trinajstić information content (AvgIpc) is 3.21. The van der Waals surface area contributed by atoms with Gasteiger partial charge in [-0.3, -0.25) is 4.90 Å². The minimum absolute atomic E-state index is 0.134. The molecule has 2 aliphatic rings. The summed E-state index contributed by atoms with van der Waals surface area (Å²) in [4.78, 5) is 2.52. The molecule has 6 nitrogen and oxygen atoms in total. The fourth-order valence-corrected chi connectivity index (χ4v) is 5.69. The lowest BCUT2D eigenvalue weighted by atomic mass is 10.0. The lowest BCUT2D eigenvalue weighted by molar-refractivity contribution is 0.0526. The van der Waals surface area contributed by atoms with E-state index in [4.69, 9.17) is 9.15 Å². The van der Waals surface area contributed by atoms with E-state index < -0.39 is 15.6 Å². The van der Waals surface area contributed by atoms with Crippen LogP contribution in [0.25, 0.3) is 0 Å². The van der Waals surface area contributed by atoms with Gasteiger partial charge in [0, 0.05) is 25.6 Å². The minimum atomic E-state index is -3.58. The summed E-state index contributed by atoms with van der Waals surface area (Å²) < 4.78 is 39.7. The van der Waals surface area contributed by atoms with Gasteiger partial charge in [0.1, 0.15) is 22.0 Å². The van der Waals surface area contributed by atoms with Crippen LogP contribution in [-0.2, 0) is 16.6 Å². The van der Waals surface area contributed by atoms with Crippen molar-refractivity contribution in [1.82, 2.24) is 9.21 Å². The molecule has 0 amide bonds. The Morgan fingerprint density at radius 1 is 1.15 bits per heavy atom. The first-order valence-electron chi connectivity index (χ1n) is 8.94. The highest BCUT2D eigenvalue weighted by atomic mass is 32.2. The highest BCUT2D eigenvalue weighted by Crippen LogP contribution is 2.39. The van der Waals surface area contributed by atoms with Gasteiger partial charge in [-0.2, -0.15) is 4.31 Å². The number of hydrogen-bond acceptors (Lipinski definition) is 5. The van der Waals surface area contributed by atoms with Crippen LogP contribution >= 0.6 is 0 Å². The summed E-state index contributed by atoms with van der Waals surface area (Å²) >= 11 is 0. The lowest BCUT2D eigenvalue weighted by Crippen LogP contribution is -2.51. The molecule has 26 heavy (non-hydrogen) atoms. The third kappa shape index (κ3) is 3.04. The van der Waals surface area contributed by atoms with E-state index in [1.807, 2.05) is 32.0 Å². The Hall–Kier alpha value is -1.83. The maximum atomic E-state index is 13.2. The molecule has 3 heterocycles. The van der Waals surface area contributed by atoms with E-state index in [0.717, 1.165) is 18.7 Å². The zero-order valence-electron chi connectivity index (χ0n) is 15.1. The molecule has 1 saturated heterocycles. The summed E-state index contributed by atoms with van der Waals surface area (Å²) in [5.74, 6) is 1.36. The van der Waals surface area contributed by atoms with Gasteiger partial charge in [-0.05, 0) is 38.1 Å². The van der Waals surface area contributed by atoms with Crippen LogP contribution in [0, 0.1) is 0 Å². The maximum absolute atomic E-state index is 13.2. The Labute approximate surface area is 154 Å². The average molecular weight is 376 g/mol. The smallest absolute Gasteiger partial charge is 0.247 e. The van der Waals surface area contributed by atoms with Gasteiger partial charge in [0.15, 0.2) is 0 Å². The summed E-state index contributed by atoms with van der Waals surface area (Å²) in [6.45, 7) is 6.39. The van der Waals surface area contributed by atoms with E-state index in [1.54, 1.807) is 28.8 Å². The van der Waals surface area contributed by atoms with Crippen molar-refractivity contribution in [2.75, 3.05) is 19.6 Å². The molecule has 0 unspecified atom stereocenters. The number of hydrogen-bond donors (Lipinski definition) is 0. The molecule has 2 aliphatic heterocycles. The lowest BCUT2D eigenvalue weighted by Gasteiger charge is -2.33. The van der Waals surface area contributed by atoms with Gasteiger partial charge in [0.05, 0.1) is 19.4 Å². The van der Waals surface area contributed by atoms with Crippen LogP contribution in [0.15, 0.2) is 52.0 Å². The highest BCUT2D eigenvalue weighted by molar-refractivity contribution is 7.89. The number of likely N-dealkylation sites (tertiary alicyclic amines) is 1. The molecule has 0 bridgehead atoms. The number of furan rings is 1. The largest absolute Gasteiger partial charge is 0.483 e. The molecule has 1 atom stereocenters. The topological polar surface area (TPSA) is 63.0 Å². The molecule has 140 valence electrons. The van der Waals surface area contributed by atoms with Crippen LogP contribution in [0.4, 0.5) is 0 Å². The number of rotatable bonds is 3. The fourth-order valence-electron chi connectivity index (χ4n) is 3.87. The van der Waals surface area contributed by atoms with Crippen molar-refractivity contribution in [1.29, 1.82) is 0 Å². The molecule has 0 radical (unpaired) electrons. The third-order valence-electron chi connectivity index (χ3n) is 5.14. The van der Waals surface area contributed by atoms with E-state index >= 15 is 0 Å². The monoisotopic (exact) mass is 376 g/mol. The first kappa shape index (κ1) is 17.6. The summed E-state index contributed by atoms with van der Waals surface area (Å²) in [5.41, 5.74) is -0.545. The van der Waals surface area contributed by atoms with Gasteiger partial charge in [0.25, 0.3) is 0 Å². The SMILES string of the molecule is CC(C)N1C[C@]2(CCN(Cc3ccco3)C2)Oc2ccccc2S1(=O)=O. The van der Waals surface area contributed by atoms with Gasteiger partial charge in [-0.25, -0.2) is 8.42 Å². The standard InChI is InChI=1S/C19H24N2O4S/c1-15(2)21-14-19(9-10-20(13-19)12-16-6-5-11-24-16)25-17-7-3-4-8-18(17)26(21,22)23/h3-8,11,15H,9-10,12-14H2,1-2H3/t19-/m1/s1. The first-order chi connectivity index (χ1) is 12.4. The highest BCUT2D eigenvalue weighted by Gasteiger charge is 2.48. The molecule has 7 heteroatoms. The minimum Gasteiger partial charge on any atom is -0.483 e. The van der Waals surface area contributed by atoms with Crippen LogP contribution in [0.3, 0.4) is 0 Å². The molecule has 0 N–H and O–H groups in total. The van der Waals surface area contributed by atoms with E-state index in [0.29, 0.717) is 25.4 Å². The van der Waals surface area contributed by atoms with Crippen LogP contribution in [0.5, 0.6) is 5.75 Å². The number of sulfonamides is 1. The Morgan fingerprint density at radius 2 is 1.96 bits per heavy atom. The quantitative estimate of drug-likeness (QED) is 0.824. The van der Waals surface area contributed by atoms with Crippen molar-refractivity contribution in [2.24, 2.45) is 0 Å². The van der Waals surface area contributed by atoms with E-state index in [9.17, 15) is 8.42 Å². The Morgan fingerprint density at radius 3 is 2.69 bits per heavy atom. The van der Waals surface area contributed by atoms with Crippen molar-refractivity contribution >= 4 is 10.0 Å². The third-order valence-corrected chi connectivity index (χ3v) is 7.20. The van der Waals surface area contributed by atoms with E-state index in [-0.39, 0.29) is 10.9 Å².